The molecule has 5 nitrogen and oxygen atoms in total. The van der Waals surface area contributed by atoms with Gasteiger partial charge in [-0.15, -0.1) is 0 Å². The number of carboxylic acids is 1. The fourth-order valence-electron chi connectivity index (χ4n) is 2.73. The summed E-state index contributed by atoms with van der Waals surface area (Å²) < 4.78 is 7.21. The van der Waals surface area contributed by atoms with Gasteiger partial charge in [0.2, 0.25) is 0 Å². The van der Waals surface area contributed by atoms with Crippen molar-refractivity contribution in [2.75, 3.05) is 7.11 Å². The van der Waals surface area contributed by atoms with Gasteiger partial charge in [-0.25, -0.2) is 9.78 Å². The zero-order chi connectivity index (χ0) is 15.9. The van der Waals surface area contributed by atoms with E-state index < -0.39 is 5.97 Å². The van der Waals surface area contributed by atoms with Crippen molar-refractivity contribution in [3.05, 3.63) is 53.3 Å². The minimum atomic E-state index is -0.991. The van der Waals surface area contributed by atoms with E-state index in [1.54, 1.807) is 29.8 Å². The zero-order valence-corrected chi connectivity index (χ0v) is 12.6. The topological polar surface area (TPSA) is 63.8 Å². The Morgan fingerprint density at radius 3 is 2.77 bits per heavy atom. The maximum Gasteiger partial charge on any atom is 0.339 e. The van der Waals surface area contributed by atoms with Crippen LogP contribution in [-0.2, 0) is 0 Å². The Kier molecular flexibility index (Phi) is 3.33. The van der Waals surface area contributed by atoms with Crippen molar-refractivity contribution >= 4 is 11.6 Å². The average molecular weight is 296 g/mol. The van der Waals surface area contributed by atoms with Gasteiger partial charge in [0.05, 0.1) is 12.8 Å². The van der Waals surface area contributed by atoms with Crippen LogP contribution in [0.1, 0.15) is 21.5 Å². The Labute approximate surface area is 127 Å². The Bertz CT molecular complexity index is 881. The van der Waals surface area contributed by atoms with Crippen molar-refractivity contribution in [3.8, 4) is 17.0 Å². The van der Waals surface area contributed by atoms with Crippen LogP contribution in [0.3, 0.4) is 0 Å². The monoisotopic (exact) mass is 296 g/mol. The molecule has 1 aromatic carbocycles. The van der Waals surface area contributed by atoms with E-state index in [9.17, 15) is 9.90 Å². The molecular weight excluding hydrogens is 280 g/mol. The number of nitrogens with zero attached hydrogens (tertiary/aromatic N) is 2. The van der Waals surface area contributed by atoms with Crippen LogP contribution in [0.15, 0.2) is 36.7 Å². The van der Waals surface area contributed by atoms with Gasteiger partial charge in [0.1, 0.15) is 11.3 Å². The number of benzene rings is 1. The number of imidazole rings is 1. The first kappa shape index (κ1) is 14.1. The minimum absolute atomic E-state index is 0.178. The van der Waals surface area contributed by atoms with E-state index in [2.05, 4.69) is 4.98 Å². The van der Waals surface area contributed by atoms with Gasteiger partial charge in [-0.2, -0.15) is 0 Å². The van der Waals surface area contributed by atoms with Gasteiger partial charge in [0.25, 0.3) is 0 Å². The highest BCUT2D eigenvalue weighted by Gasteiger charge is 2.16. The van der Waals surface area contributed by atoms with Crippen LogP contribution in [0.5, 0.6) is 5.75 Å². The minimum Gasteiger partial charge on any atom is -0.496 e. The molecule has 112 valence electrons. The van der Waals surface area contributed by atoms with Gasteiger partial charge in [0.15, 0.2) is 5.65 Å². The van der Waals surface area contributed by atoms with Gasteiger partial charge < -0.3 is 14.2 Å². The number of fused-ring (bicyclic) bond motifs is 1. The van der Waals surface area contributed by atoms with E-state index in [1.807, 2.05) is 32.2 Å². The molecule has 0 aliphatic heterocycles. The highest BCUT2D eigenvalue weighted by molar-refractivity contribution is 5.94. The lowest BCUT2D eigenvalue weighted by Crippen LogP contribution is -1.99. The molecule has 22 heavy (non-hydrogen) atoms. The van der Waals surface area contributed by atoms with E-state index in [0.29, 0.717) is 11.3 Å². The molecule has 0 atom stereocenters. The summed E-state index contributed by atoms with van der Waals surface area (Å²) in [6.07, 6.45) is 3.60. The van der Waals surface area contributed by atoms with Crippen LogP contribution in [0.2, 0.25) is 0 Å². The second-order valence-electron chi connectivity index (χ2n) is 5.25. The summed E-state index contributed by atoms with van der Waals surface area (Å²) in [6.45, 7) is 3.99. The van der Waals surface area contributed by atoms with Gasteiger partial charge >= 0.3 is 5.97 Å². The maximum absolute atomic E-state index is 11.3. The number of pyridine rings is 1. The summed E-state index contributed by atoms with van der Waals surface area (Å²) in [5.41, 5.74) is 4.28. The molecule has 0 aliphatic carbocycles. The van der Waals surface area contributed by atoms with Gasteiger partial charge in [-0.1, -0.05) is 6.07 Å². The van der Waals surface area contributed by atoms with Crippen LogP contribution in [0, 0.1) is 13.8 Å². The van der Waals surface area contributed by atoms with Crippen molar-refractivity contribution in [1.82, 2.24) is 9.38 Å². The Morgan fingerprint density at radius 2 is 2.09 bits per heavy atom. The number of methoxy groups -OCH3 is 1. The van der Waals surface area contributed by atoms with Gasteiger partial charge in [-0.05, 0) is 43.2 Å². The lowest BCUT2D eigenvalue weighted by atomic mass is 10.0. The smallest absolute Gasteiger partial charge is 0.339 e. The number of aryl methyl sites for hydroxylation is 2. The molecule has 1 N–H and O–H groups in total. The van der Waals surface area contributed by atoms with E-state index in [1.165, 1.54) is 0 Å². The van der Waals surface area contributed by atoms with Crippen molar-refractivity contribution in [3.63, 3.8) is 0 Å². The molecule has 0 unspecified atom stereocenters. The molecule has 2 aromatic heterocycles. The fraction of sp³-hybridized carbons (Fsp3) is 0.176. The molecule has 2 heterocycles. The standard InChI is InChI=1S/C17H16N2O3/c1-10-7-11(2)15(22-3)13(8-10)14-9-19-6-4-5-12(17(20)21)16(19)18-14/h4-9H,1-3H3,(H,20,21). The number of hydrogen-bond donors (Lipinski definition) is 1. The molecule has 3 aromatic rings. The number of aromatic carboxylic acids is 1. The normalized spacial score (nSPS) is 10.9. The third-order valence-electron chi connectivity index (χ3n) is 3.61. The molecular formula is C17H16N2O3. The summed E-state index contributed by atoms with van der Waals surface area (Å²) >= 11 is 0. The predicted molar refractivity (Wildman–Crippen MR) is 83.6 cm³/mol. The third-order valence-corrected chi connectivity index (χ3v) is 3.61. The first-order valence-corrected chi connectivity index (χ1v) is 6.88. The summed E-state index contributed by atoms with van der Waals surface area (Å²) in [7, 11) is 1.62. The number of rotatable bonds is 3. The molecule has 0 aliphatic rings. The van der Waals surface area contributed by atoms with E-state index in [-0.39, 0.29) is 5.56 Å². The highest BCUT2D eigenvalue weighted by atomic mass is 16.5. The number of aromatic nitrogens is 2. The highest BCUT2D eigenvalue weighted by Crippen LogP contribution is 2.33. The molecule has 0 fully saturated rings. The van der Waals surface area contributed by atoms with Crippen molar-refractivity contribution in [1.29, 1.82) is 0 Å². The fourth-order valence-corrected chi connectivity index (χ4v) is 2.73. The number of ether oxygens (including phenoxy) is 1. The zero-order valence-electron chi connectivity index (χ0n) is 12.6. The molecule has 0 radical (unpaired) electrons. The number of carboxylic acid groups (broad SMARTS) is 1. The second-order valence-corrected chi connectivity index (χ2v) is 5.25. The summed E-state index contributed by atoms with van der Waals surface area (Å²) in [5, 5.41) is 9.27. The van der Waals surface area contributed by atoms with Crippen LogP contribution >= 0.6 is 0 Å². The van der Waals surface area contributed by atoms with E-state index >= 15 is 0 Å². The maximum atomic E-state index is 11.3. The van der Waals surface area contributed by atoms with E-state index in [4.69, 9.17) is 4.74 Å². The summed E-state index contributed by atoms with van der Waals surface area (Å²) in [4.78, 5) is 15.8. The molecule has 0 saturated heterocycles. The number of hydrogen-bond acceptors (Lipinski definition) is 3. The van der Waals surface area contributed by atoms with Crippen molar-refractivity contribution < 1.29 is 14.6 Å². The Hall–Kier alpha value is -2.82. The van der Waals surface area contributed by atoms with Crippen molar-refractivity contribution in [2.45, 2.75) is 13.8 Å². The van der Waals surface area contributed by atoms with Crippen LogP contribution in [0.4, 0.5) is 0 Å². The first-order chi connectivity index (χ1) is 10.5. The van der Waals surface area contributed by atoms with Gasteiger partial charge in [0, 0.05) is 18.0 Å². The quantitative estimate of drug-likeness (QED) is 0.805. The molecule has 3 rings (SSSR count). The first-order valence-electron chi connectivity index (χ1n) is 6.88. The SMILES string of the molecule is COc1c(C)cc(C)cc1-c1cn2cccc(C(=O)O)c2n1. The van der Waals surface area contributed by atoms with Crippen LogP contribution in [-0.4, -0.2) is 27.6 Å². The predicted octanol–water partition coefficient (Wildman–Crippen LogP) is 3.32. The molecule has 0 amide bonds. The summed E-state index contributed by atoms with van der Waals surface area (Å²) in [6, 6.07) is 7.28. The Balaban J connectivity index is 2.28. The second kappa shape index (κ2) is 5.18. The molecule has 0 spiro atoms. The van der Waals surface area contributed by atoms with Crippen LogP contribution in [0.25, 0.3) is 16.9 Å². The van der Waals surface area contributed by atoms with Gasteiger partial charge in [-0.3, -0.25) is 0 Å². The molecule has 0 saturated carbocycles. The van der Waals surface area contributed by atoms with Crippen LogP contribution < -0.4 is 4.74 Å². The summed E-state index contributed by atoms with van der Waals surface area (Å²) in [5.74, 6) is -0.235. The van der Waals surface area contributed by atoms with E-state index in [0.717, 1.165) is 22.4 Å². The third kappa shape index (κ3) is 2.20. The van der Waals surface area contributed by atoms with Crippen molar-refractivity contribution in [2.24, 2.45) is 0 Å². The largest absolute Gasteiger partial charge is 0.496 e. The lowest BCUT2D eigenvalue weighted by molar-refractivity contribution is 0.0698. The average Bonchev–Trinajstić information content (AvgIpc) is 2.89. The molecule has 0 bridgehead atoms. The Morgan fingerprint density at radius 1 is 1.32 bits per heavy atom. The lowest BCUT2D eigenvalue weighted by Gasteiger charge is -2.10. The number of carbonyl (C=O) groups is 1. The molecule has 5 heteroatoms.